The Morgan fingerprint density at radius 3 is 2.78 bits per heavy atom. The maximum atomic E-state index is 8.50. The van der Waals surface area contributed by atoms with Crippen molar-refractivity contribution in [2.24, 2.45) is 7.05 Å². The second-order valence-corrected chi connectivity index (χ2v) is 6.09. The molecule has 3 aromatic rings. The second-order valence-electron chi connectivity index (χ2n) is 6.09. The molecule has 3 nitrogen and oxygen atoms in total. The Bertz CT molecular complexity index is 1040. The summed E-state index contributed by atoms with van der Waals surface area (Å²) in [7, 11) is 3.95. The molecule has 1 aliphatic rings. The summed E-state index contributed by atoms with van der Waals surface area (Å²) in [6.45, 7) is -0.605. The van der Waals surface area contributed by atoms with Crippen LogP contribution in [0.5, 0.6) is 0 Å². The van der Waals surface area contributed by atoms with Gasteiger partial charge in [0.1, 0.15) is 12.4 Å². The summed E-state index contributed by atoms with van der Waals surface area (Å²) in [5.41, 5.74) is 4.06. The molecule has 114 valence electrons. The maximum Gasteiger partial charge on any atom is 0.537 e. The molecule has 0 spiro atoms. The van der Waals surface area contributed by atoms with Crippen LogP contribution >= 0.6 is 0 Å². The van der Waals surface area contributed by atoms with Crippen molar-refractivity contribution >= 4 is 18.1 Å². The SMILES string of the molecule is [2H]c1cccc(C([2H])([2H])[2H])c1B1N(C)c2cccc(C)c2-c2n(C)cc[n+]21. The first kappa shape index (κ1) is 10.3. The molecule has 23 heavy (non-hydrogen) atoms. The van der Waals surface area contributed by atoms with Crippen molar-refractivity contribution in [1.82, 2.24) is 4.57 Å². The minimum Gasteiger partial charge on any atom is -0.372 e. The van der Waals surface area contributed by atoms with Crippen LogP contribution in [-0.2, 0) is 7.05 Å². The van der Waals surface area contributed by atoms with E-state index >= 15 is 0 Å². The summed E-state index contributed by atoms with van der Waals surface area (Å²) in [5.74, 6) is 1.01. The molecule has 0 radical (unpaired) electrons. The van der Waals surface area contributed by atoms with Crippen molar-refractivity contribution < 1.29 is 9.96 Å². The molecule has 2 aromatic carbocycles. The van der Waals surface area contributed by atoms with Gasteiger partial charge in [-0.05, 0) is 37.9 Å². The summed E-state index contributed by atoms with van der Waals surface area (Å²) in [6, 6.07) is 11.3. The van der Waals surface area contributed by atoms with Crippen molar-refractivity contribution in [3.8, 4) is 11.4 Å². The number of hydrogen-bond acceptors (Lipinski definition) is 1. The van der Waals surface area contributed by atoms with E-state index < -0.39 is 13.8 Å². The summed E-state index contributed by atoms with van der Waals surface area (Å²) in [4.78, 5) is 2.07. The van der Waals surface area contributed by atoms with Crippen LogP contribution < -0.4 is 14.8 Å². The molecule has 0 fully saturated rings. The van der Waals surface area contributed by atoms with Gasteiger partial charge in [0.2, 0.25) is 0 Å². The number of hydrogen-bond donors (Lipinski definition) is 0. The molecule has 0 unspecified atom stereocenters. The van der Waals surface area contributed by atoms with E-state index in [-0.39, 0.29) is 11.6 Å². The van der Waals surface area contributed by atoms with Gasteiger partial charge in [-0.1, -0.05) is 41.9 Å². The second kappa shape index (κ2) is 5.02. The molecule has 0 N–H and O–H groups in total. The number of anilines is 1. The lowest BCUT2D eigenvalue weighted by Crippen LogP contribution is -2.70. The molecular formula is C19H21BN3+. The predicted molar refractivity (Wildman–Crippen MR) is 96.1 cm³/mol. The van der Waals surface area contributed by atoms with Crippen molar-refractivity contribution in [2.45, 2.75) is 13.8 Å². The molecule has 1 aliphatic heterocycles. The highest BCUT2D eigenvalue weighted by Gasteiger charge is 2.43. The zero-order valence-corrected chi connectivity index (χ0v) is 13.5. The van der Waals surface area contributed by atoms with Gasteiger partial charge in [0.25, 0.3) is 5.82 Å². The quantitative estimate of drug-likeness (QED) is 0.628. The smallest absolute Gasteiger partial charge is 0.372 e. The first-order valence-electron chi connectivity index (χ1n) is 9.71. The Hall–Kier alpha value is -2.49. The number of aryl methyl sites for hydroxylation is 3. The fraction of sp³-hybridized carbons (Fsp3) is 0.211. The van der Waals surface area contributed by atoms with Gasteiger partial charge in [0.05, 0.1) is 14.0 Å². The Morgan fingerprint density at radius 2 is 1.96 bits per heavy atom. The Morgan fingerprint density at radius 1 is 1.13 bits per heavy atom. The van der Waals surface area contributed by atoms with Crippen LogP contribution in [-0.4, -0.2) is 18.6 Å². The van der Waals surface area contributed by atoms with E-state index in [2.05, 4.69) is 22.3 Å². The van der Waals surface area contributed by atoms with Gasteiger partial charge in [-0.2, -0.15) is 0 Å². The van der Waals surface area contributed by atoms with Crippen LogP contribution in [0.1, 0.15) is 16.6 Å². The molecule has 0 amide bonds. The first-order valence-corrected chi connectivity index (χ1v) is 7.71. The first-order chi connectivity index (χ1) is 12.7. The lowest BCUT2D eigenvalue weighted by Gasteiger charge is -2.31. The summed E-state index contributed by atoms with van der Waals surface area (Å²) in [5, 5.41) is 0. The molecule has 0 atom stereocenters. The highest BCUT2D eigenvalue weighted by Crippen LogP contribution is 2.34. The van der Waals surface area contributed by atoms with Gasteiger partial charge < -0.3 is 4.81 Å². The van der Waals surface area contributed by atoms with Crippen LogP contribution in [0.4, 0.5) is 5.69 Å². The van der Waals surface area contributed by atoms with Crippen molar-refractivity contribution in [3.63, 3.8) is 0 Å². The summed E-state index contributed by atoms with van der Waals surface area (Å²) < 4.78 is 36.6. The standard InChI is InChI=1S/C19H21BN3/c1-14-8-5-6-10-16(14)20-22(4)17-11-7-9-15(2)18(17)19-21(3)12-13-23(19)20/h5-13H,1-4H3/q+1/i1D3,10D. The fourth-order valence-corrected chi connectivity index (χ4v) is 3.55. The third kappa shape index (κ3) is 1.94. The number of nitrogens with zero attached hydrogens (tertiary/aromatic N) is 3. The summed E-state index contributed by atoms with van der Waals surface area (Å²) >= 11 is 0. The highest BCUT2D eigenvalue weighted by molar-refractivity contribution is 6.70. The maximum absolute atomic E-state index is 8.50. The molecule has 0 saturated heterocycles. The average Bonchev–Trinajstić information content (AvgIpc) is 2.97. The topological polar surface area (TPSA) is 12.1 Å². The van der Waals surface area contributed by atoms with Crippen LogP contribution in [0.25, 0.3) is 11.4 Å². The molecular weight excluding hydrogens is 281 g/mol. The van der Waals surface area contributed by atoms with Crippen LogP contribution in [0.15, 0.2) is 54.8 Å². The van der Waals surface area contributed by atoms with Crippen molar-refractivity contribution in [2.75, 3.05) is 11.9 Å². The van der Waals surface area contributed by atoms with Gasteiger partial charge in [0.15, 0.2) is 0 Å². The number of rotatable bonds is 1. The van der Waals surface area contributed by atoms with E-state index in [1.165, 1.54) is 0 Å². The average molecular weight is 306 g/mol. The van der Waals surface area contributed by atoms with E-state index in [0.29, 0.717) is 5.46 Å². The van der Waals surface area contributed by atoms with E-state index in [9.17, 15) is 0 Å². The van der Waals surface area contributed by atoms with Crippen molar-refractivity contribution in [3.05, 3.63) is 66.0 Å². The number of imidazole rings is 1. The zero-order valence-electron chi connectivity index (χ0n) is 17.5. The minimum absolute atomic E-state index is 0.227. The van der Waals surface area contributed by atoms with Gasteiger partial charge in [-0.25, -0.2) is 4.57 Å². The lowest BCUT2D eigenvalue weighted by molar-refractivity contribution is -0.523. The van der Waals surface area contributed by atoms with Gasteiger partial charge >= 0.3 is 6.98 Å². The Labute approximate surface area is 143 Å². The zero-order chi connectivity index (χ0) is 19.5. The number of aromatic nitrogens is 2. The Kier molecular flexibility index (Phi) is 2.25. The van der Waals surface area contributed by atoms with Gasteiger partial charge in [-0.15, -0.1) is 0 Å². The van der Waals surface area contributed by atoms with E-state index in [0.717, 1.165) is 22.6 Å². The summed E-state index contributed by atoms with van der Waals surface area (Å²) in [6.07, 6.45) is 3.93. The monoisotopic (exact) mass is 306 g/mol. The third-order valence-electron chi connectivity index (χ3n) is 4.66. The lowest BCUT2D eigenvalue weighted by atomic mass is 9.62. The number of fused-ring (bicyclic) bond motifs is 3. The number of benzene rings is 2. The van der Waals surface area contributed by atoms with Crippen LogP contribution in [0.2, 0.25) is 0 Å². The largest absolute Gasteiger partial charge is 0.537 e. The molecule has 0 aliphatic carbocycles. The minimum atomic E-state index is -2.28. The molecule has 0 saturated carbocycles. The predicted octanol–water partition coefficient (Wildman–Crippen LogP) is 2.29. The van der Waals surface area contributed by atoms with E-state index in [1.807, 2.05) is 43.2 Å². The van der Waals surface area contributed by atoms with Gasteiger partial charge in [0, 0.05) is 9.80 Å². The van der Waals surface area contributed by atoms with Crippen LogP contribution in [0.3, 0.4) is 0 Å². The third-order valence-corrected chi connectivity index (χ3v) is 4.66. The normalized spacial score (nSPS) is 16.1. The van der Waals surface area contributed by atoms with E-state index in [1.54, 1.807) is 18.2 Å². The van der Waals surface area contributed by atoms with Gasteiger partial charge in [-0.3, -0.25) is 4.48 Å². The van der Waals surface area contributed by atoms with Crippen molar-refractivity contribution in [1.29, 1.82) is 0 Å². The van der Waals surface area contributed by atoms with Crippen LogP contribution in [0, 0.1) is 13.8 Å². The highest BCUT2D eigenvalue weighted by atomic mass is 15.2. The molecule has 2 heterocycles. The molecule has 0 bridgehead atoms. The molecule has 1 aromatic heterocycles. The van der Waals surface area contributed by atoms with E-state index in [4.69, 9.17) is 5.48 Å². The Balaban J connectivity index is 2.05. The molecule has 4 rings (SSSR count). The fourth-order valence-electron chi connectivity index (χ4n) is 3.55. The molecule has 4 heteroatoms.